The van der Waals surface area contributed by atoms with Gasteiger partial charge in [-0.15, -0.1) is 0 Å². The Morgan fingerprint density at radius 3 is 2.85 bits per heavy atom. The number of likely N-dealkylation sites (tertiary alicyclic amines) is 1. The summed E-state index contributed by atoms with van der Waals surface area (Å²) in [6.45, 7) is 1.66. The second-order valence-corrected chi connectivity index (χ2v) is 4.43. The van der Waals surface area contributed by atoms with Gasteiger partial charge < -0.3 is 0 Å². The monoisotopic (exact) mass is 255 g/mol. The molecule has 0 aliphatic carbocycles. The van der Waals surface area contributed by atoms with Crippen molar-refractivity contribution in [3.05, 3.63) is 0 Å². The summed E-state index contributed by atoms with van der Waals surface area (Å²) in [5, 5.41) is 0.986. The molecule has 0 amide bonds. The van der Waals surface area contributed by atoms with E-state index in [-0.39, 0.29) is 6.54 Å². The first kappa shape index (κ1) is 11.4. The SMILES string of the molecule is FC(F)CN1CCCC(CCBr)C1. The largest absolute Gasteiger partial charge is 0.297 e. The van der Waals surface area contributed by atoms with Crippen molar-refractivity contribution in [2.24, 2.45) is 5.92 Å². The van der Waals surface area contributed by atoms with Gasteiger partial charge in [0.05, 0.1) is 6.54 Å². The Balaban J connectivity index is 2.24. The lowest BCUT2D eigenvalue weighted by molar-refractivity contribution is 0.0645. The maximum Gasteiger partial charge on any atom is 0.251 e. The van der Waals surface area contributed by atoms with Crippen LogP contribution in [0, 0.1) is 5.92 Å². The minimum atomic E-state index is -2.18. The first-order chi connectivity index (χ1) is 6.22. The molecule has 0 N–H and O–H groups in total. The van der Waals surface area contributed by atoms with Gasteiger partial charge in [-0.3, -0.25) is 4.90 Å². The highest BCUT2D eigenvalue weighted by Gasteiger charge is 2.21. The molecule has 1 unspecified atom stereocenters. The number of hydrogen-bond donors (Lipinski definition) is 0. The molecule has 0 aromatic heterocycles. The first-order valence-corrected chi connectivity index (χ1v) is 5.91. The quantitative estimate of drug-likeness (QED) is 0.699. The third-order valence-corrected chi connectivity index (χ3v) is 2.97. The Hall–Kier alpha value is 0.300. The van der Waals surface area contributed by atoms with E-state index in [1.54, 1.807) is 0 Å². The summed E-state index contributed by atoms with van der Waals surface area (Å²) in [5.41, 5.74) is 0. The normalized spacial score (nSPS) is 25.4. The maximum absolute atomic E-state index is 12.1. The van der Waals surface area contributed by atoms with Crippen molar-refractivity contribution < 1.29 is 8.78 Å². The van der Waals surface area contributed by atoms with Crippen LogP contribution in [0.15, 0.2) is 0 Å². The van der Waals surface area contributed by atoms with Crippen LogP contribution in [0.2, 0.25) is 0 Å². The number of alkyl halides is 3. The summed E-state index contributed by atoms with van der Waals surface area (Å²) in [4.78, 5) is 1.89. The van der Waals surface area contributed by atoms with Gasteiger partial charge in [0.15, 0.2) is 0 Å². The molecule has 1 aliphatic heterocycles. The third kappa shape index (κ3) is 4.36. The van der Waals surface area contributed by atoms with Crippen LogP contribution >= 0.6 is 15.9 Å². The van der Waals surface area contributed by atoms with Crippen molar-refractivity contribution in [1.82, 2.24) is 4.90 Å². The molecular formula is C9H16BrF2N. The van der Waals surface area contributed by atoms with E-state index in [0.717, 1.165) is 31.3 Å². The van der Waals surface area contributed by atoms with Gasteiger partial charge in [-0.05, 0) is 31.7 Å². The molecule has 0 radical (unpaired) electrons. The van der Waals surface area contributed by atoms with Gasteiger partial charge in [0.25, 0.3) is 6.43 Å². The molecule has 0 bridgehead atoms. The Morgan fingerprint density at radius 1 is 1.46 bits per heavy atom. The van der Waals surface area contributed by atoms with Crippen LogP contribution in [-0.4, -0.2) is 36.3 Å². The molecule has 1 heterocycles. The average molecular weight is 256 g/mol. The fraction of sp³-hybridized carbons (Fsp3) is 1.00. The Kier molecular flexibility index (Phi) is 5.17. The Bertz CT molecular complexity index is 142. The van der Waals surface area contributed by atoms with Gasteiger partial charge in [0.1, 0.15) is 0 Å². The van der Waals surface area contributed by atoms with Crippen LogP contribution in [0.1, 0.15) is 19.3 Å². The zero-order valence-electron chi connectivity index (χ0n) is 7.69. The smallest absolute Gasteiger partial charge is 0.251 e. The number of hydrogen-bond acceptors (Lipinski definition) is 1. The number of rotatable bonds is 4. The molecule has 1 fully saturated rings. The summed E-state index contributed by atoms with van der Waals surface area (Å²) in [5.74, 6) is 0.617. The third-order valence-electron chi connectivity index (χ3n) is 2.52. The zero-order chi connectivity index (χ0) is 9.68. The van der Waals surface area contributed by atoms with Crippen LogP contribution in [-0.2, 0) is 0 Å². The fourth-order valence-electron chi connectivity index (χ4n) is 1.90. The first-order valence-electron chi connectivity index (χ1n) is 4.79. The van der Waals surface area contributed by atoms with Gasteiger partial charge in [-0.1, -0.05) is 15.9 Å². The van der Waals surface area contributed by atoms with E-state index in [0.29, 0.717) is 5.92 Å². The molecule has 1 nitrogen and oxygen atoms in total. The maximum atomic E-state index is 12.1. The Labute approximate surface area is 86.6 Å². The highest BCUT2D eigenvalue weighted by Crippen LogP contribution is 2.20. The van der Waals surface area contributed by atoms with Crippen LogP contribution in [0.4, 0.5) is 8.78 Å². The Morgan fingerprint density at radius 2 is 2.23 bits per heavy atom. The number of nitrogens with zero attached hydrogens (tertiary/aromatic N) is 1. The van der Waals surface area contributed by atoms with Crippen molar-refractivity contribution in [2.45, 2.75) is 25.7 Å². The molecule has 1 rings (SSSR count). The minimum Gasteiger partial charge on any atom is -0.297 e. The summed E-state index contributed by atoms with van der Waals surface area (Å²) < 4.78 is 24.2. The molecular weight excluding hydrogens is 240 g/mol. The number of piperidine rings is 1. The minimum absolute atomic E-state index is 0.0429. The van der Waals surface area contributed by atoms with Gasteiger partial charge in [0, 0.05) is 11.9 Å². The lowest BCUT2D eigenvalue weighted by atomic mass is 9.96. The molecule has 0 aromatic carbocycles. The van der Waals surface area contributed by atoms with Gasteiger partial charge in [0.2, 0.25) is 0 Å². The van der Waals surface area contributed by atoms with Crippen LogP contribution in [0.5, 0.6) is 0 Å². The molecule has 4 heteroatoms. The van der Waals surface area contributed by atoms with Gasteiger partial charge in [-0.25, -0.2) is 8.78 Å². The van der Waals surface area contributed by atoms with E-state index < -0.39 is 6.43 Å². The summed E-state index contributed by atoms with van der Waals surface area (Å²) in [7, 11) is 0. The highest BCUT2D eigenvalue weighted by molar-refractivity contribution is 9.09. The van der Waals surface area contributed by atoms with Crippen molar-refractivity contribution in [3.8, 4) is 0 Å². The molecule has 0 spiro atoms. The lowest BCUT2D eigenvalue weighted by Gasteiger charge is -2.32. The predicted molar refractivity (Wildman–Crippen MR) is 53.6 cm³/mol. The predicted octanol–water partition coefficient (Wildman–Crippen LogP) is 2.75. The lowest BCUT2D eigenvalue weighted by Crippen LogP contribution is -2.38. The van der Waals surface area contributed by atoms with Crippen molar-refractivity contribution in [1.29, 1.82) is 0 Å². The summed E-state index contributed by atoms with van der Waals surface area (Å²) in [6, 6.07) is 0. The second kappa shape index (κ2) is 5.91. The van der Waals surface area contributed by atoms with E-state index in [1.165, 1.54) is 6.42 Å². The molecule has 13 heavy (non-hydrogen) atoms. The summed E-state index contributed by atoms with van der Waals surface area (Å²) in [6.07, 6.45) is 1.21. The van der Waals surface area contributed by atoms with Crippen molar-refractivity contribution in [2.75, 3.05) is 25.0 Å². The zero-order valence-corrected chi connectivity index (χ0v) is 9.27. The van der Waals surface area contributed by atoms with E-state index >= 15 is 0 Å². The van der Waals surface area contributed by atoms with Gasteiger partial charge >= 0.3 is 0 Å². The van der Waals surface area contributed by atoms with Crippen LogP contribution in [0.25, 0.3) is 0 Å². The second-order valence-electron chi connectivity index (χ2n) is 3.64. The van der Waals surface area contributed by atoms with E-state index in [9.17, 15) is 8.78 Å². The standard InChI is InChI=1S/C9H16BrF2N/c10-4-3-8-2-1-5-13(6-8)7-9(11)12/h8-9H,1-7H2. The molecule has 1 saturated heterocycles. The van der Waals surface area contributed by atoms with Crippen LogP contribution in [0.3, 0.4) is 0 Å². The molecule has 1 aliphatic rings. The fourth-order valence-corrected chi connectivity index (χ4v) is 2.55. The molecule has 0 aromatic rings. The molecule has 0 saturated carbocycles. The van der Waals surface area contributed by atoms with Crippen molar-refractivity contribution >= 4 is 15.9 Å². The van der Waals surface area contributed by atoms with Crippen molar-refractivity contribution in [3.63, 3.8) is 0 Å². The number of halogens is 3. The van der Waals surface area contributed by atoms with Crippen LogP contribution < -0.4 is 0 Å². The van der Waals surface area contributed by atoms with E-state index in [2.05, 4.69) is 15.9 Å². The average Bonchev–Trinajstić information content (AvgIpc) is 2.04. The molecule has 78 valence electrons. The van der Waals surface area contributed by atoms with E-state index in [1.807, 2.05) is 4.90 Å². The van der Waals surface area contributed by atoms with Gasteiger partial charge in [-0.2, -0.15) is 0 Å². The summed E-state index contributed by atoms with van der Waals surface area (Å²) >= 11 is 3.39. The molecule has 1 atom stereocenters. The topological polar surface area (TPSA) is 3.24 Å². The van der Waals surface area contributed by atoms with E-state index in [4.69, 9.17) is 0 Å². The highest BCUT2D eigenvalue weighted by atomic mass is 79.9.